The highest BCUT2D eigenvalue weighted by molar-refractivity contribution is 6.30. The molecule has 0 fully saturated rings. The maximum Gasteiger partial charge on any atom is 0.233 e. The van der Waals surface area contributed by atoms with Crippen molar-refractivity contribution < 1.29 is 9.13 Å². The molecule has 5 nitrogen and oxygen atoms in total. The molecule has 3 aromatic rings. The molecule has 0 unspecified atom stereocenters. The summed E-state index contributed by atoms with van der Waals surface area (Å²) in [6, 6.07) is 12.1. The lowest BCUT2D eigenvalue weighted by Crippen LogP contribution is -2.27. The number of ether oxygens (including phenoxy) is 1. The van der Waals surface area contributed by atoms with E-state index >= 15 is 0 Å². The van der Waals surface area contributed by atoms with Crippen molar-refractivity contribution in [2.75, 3.05) is 12.1 Å². The first kappa shape index (κ1) is 17.3. The summed E-state index contributed by atoms with van der Waals surface area (Å²) in [5, 5.41) is 6.47. The minimum atomic E-state index is -0.295. The van der Waals surface area contributed by atoms with E-state index in [2.05, 4.69) is 5.10 Å². The molecule has 0 aliphatic heterocycles. The maximum atomic E-state index is 13.9. The SMILES string of the molecule is Cc1c(F)ccc(N(C)N)c1COc1ccn(-c2ccc(Cl)cc2)n1. The van der Waals surface area contributed by atoms with Crippen molar-refractivity contribution >= 4 is 17.3 Å². The zero-order valence-electron chi connectivity index (χ0n) is 13.9. The molecule has 7 heteroatoms. The second-order valence-corrected chi connectivity index (χ2v) is 6.08. The minimum absolute atomic E-state index is 0.165. The Kier molecular flexibility index (Phi) is 4.92. The Bertz CT molecular complexity index is 877. The molecule has 2 aromatic carbocycles. The summed E-state index contributed by atoms with van der Waals surface area (Å²) in [5.41, 5.74) is 2.76. The van der Waals surface area contributed by atoms with Crippen LogP contribution in [0.15, 0.2) is 48.7 Å². The third kappa shape index (κ3) is 3.75. The van der Waals surface area contributed by atoms with Crippen LogP contribution in [0.3, 0.4) is 0 Å². The number of nitrogens with two attached hydrogens (primary N) is 1. The van der Waals surface area contributed by atoms with Gasteiger partial charge < -0.3 is 9.75 Å². The van der Waals surface area contributed by atoms with Crippen LogP contribution in [0.5, 0.6) is 5.88 Å². The van der Waals surface area contributed by atoms with Gasteiger partial charge in [0, 0.05) is 29.9 Å². The van der Waals surface area contributed by atoms with E-state index in [1.54, 1.807) is 49.1 Å². The summed E-state index contributed by atoms with van der Waals surface area (Å²) in [4.78, 5) is 0. The standard InChI is InChI=1S/C18H18ClFN4O/c1-12-15(17(23(2)21)8-7-16(12)20)11-25-18-9-10-24(22-18)14-5-3-13(19)4-6-14/h3-10H,11,21H2,1-2H3. The summed E-state index contributed by atoms with van der Waals surface area (Å²) < 4.78 is 21.3. The van der Waals surface area contributed by atoms with Gasteiger partial charge in [0.15, 0.2) is 0 Å². The fraction of sp³-hybridized carbons (Fsp3) is 0.167. The molecule has 0 saturated carbocycles. The van der Waals surface area contributed by atoms with E-state index in [0.29, 0.717) is 27.7 Å². The van der Waals surface area contributed by atoms with Gasteiger partial charge in [0.2, 0.25) is 5.88 Å². The lowest BCUT2D eigenvalue weighted by atomic mass is 10.1. The summed E-state index contributed by atoms with van der Waals surface area (Å²) in [7, 11) is 1.70. The topological polar surface area (TPSA) is 56.3 Å². The van der Waals surface area contributed by atoms with E-state index in [4.69, 9.17) is 22.2 Å². The molecule has 0 amide bonds. The lowest BCUT2D eigenvalue weighted by molar-refractivity contribution is 0.290. The molecular formula is C18H18ClFN4O. The molecule has 0 radical (unpaired) electrons. The fourth-order valence-corrected chi connectivity index (χ4v) is 2.62. The van der Waals surface area contributed by atoms with Gasteiger partial charge in [-0.05, 0) is 48.9 Å². The second-order valence-electron chi connectivity index (χ2n) is 5.64. The first-order chi connectivity index (χ1) is 12.0. The molecule has 1 heterocycles. The molecule has 130 valence electrons. The summed E-state index contributed by atoms with van der Waals surface area (Å²) in [6.07, 6.45) is 1.78. The van der Waals surface area contributed by atoms with Gasteiger partial charge in [0.05, 0.1) is 11.4 Å². The largest absolute Gasteiger partial charge is 0.472 e. The van der Waals surface area contributed by atoms with E-state index in [-0.39, 0.29) is 12.4 Å². The molecule has 1 aromatic heterocycles. The van der Waals surface area contributed by atoms with Gasteiger partial charge in [-0.1, -0.05) is 11.6 Å². The summed E-state index contributed by atoms with van der Waals surface area (Å²) >= 11 is 5.89. The van der Waals surface area contributed by atoms with Crippen LogP contribution in [-0.4, -0.2) is 16.8 Å². The normalized spacial score (nSPS) is 10.8. The van der Waals surface area contributed by atoms with E-state index in [0.717, 1.165) is 5.69 Å². The summed E-state index contributed by atoms with van der Waals surface area (Å²) in [5.74, 6) is 5.96. The van der Waals surface area contributed by atoms with Crippen molar-refractivity contribution in [3.8, 4) is 11.6 Å². The number of nitrogens with zero attached hydrogens (tertiary/aromatic N) is 3. The van der Waals surface area contributed by atoms with Crippen LogP contribution >= 0.6 is 11.6 Å². The predicted molar refractivity (Wildman–Crippen MR) is 96.6 cm³/mol. The van der Waals surface area contributed by atoms with E-state index < -0.39 is 0 Å². The molecule has 0 aliphatic carbocycles. The quantitative estimate of drug-likeness (QED) is 0.554. The molecule has 0 aliphatic rings. The molecule has 0 saturated heterocycles. The van der Waals surface area contributed by atoms with Crippen LogP contribution in [0.4, 0.5) is 10.1 Å². The van der Waals surface area contributed by atoms with Crippen LogP contribution in [0.2, 0.25) is 5.02 Å². The van der Waals surface area contributed by atoms with Gasteiger partial charge in [0.1, 0.15) is 12.4 Å². The van der Waals surface area contributed by atoms with Crippen molar-refractivity contribution in [3.05, 3.63) is 70.6 Å². The number of rotatable bonds is 5. The van der Waals surface area contributed by atoms with Gasteiger partial charge in [-0.3, -0.25) is 0 Å². The van der Waals surface area contributed by atoms with Crippen LogP contribution in [0, 0.1) is 12.7 Å². The molecule has 25 heavy (non-hydrogen) atoms. The predicted octanol–water partition coefficient (Wildman–Crippen LogP) is 3.86. The zero-order valence-corrected chi connectivity index (χ0v) is 14.7. The Balaban J connectivity index is 1.79. The van der Waals surface area contributed by atoms with Gasteiger partial charge >= 0.3 is 0 Å². The third-order valence-electron chi connectivity index (χ3n) is 3.91. The van der Waals surface area contributed by atoms with Gasteiger partial charge in [-0.25, -0.2) is 14.9 Å². The highest BCUT2D eigenvalue weighted by Gasteiger charge is 2.13. The summed E-state index contributed by atoms with van der Waals surface area (Å²) in [6.45, 7) is 1.87. The molecule has 2 N–H and O–H groups in total. The highest BCUT2D eigenvalue weighted by Crippen LogP contribution is 2.25. The van der Waals surface area contributed by atoms with Crippen LogP contribution < -0.4 is 15.6 Å². The van der Waals surface area contributed by atoms with Gasteiger partial charge in [-0.15, -0.1) is 5.10 Å². The fourth-order valence-electron chi connectivity index (χ4n) is 2.49. The Morgan fingerprint density at radius 3 is 2.60 bits per heavy atom. The first-order valence-electron chi connectivity index (χ1n) is 7.66. The van der Waals surface area contributed by atoms with E-state index in [1.807, 2.05) is 12.1 Å². The van der Waals surface area contributed by atoms with Crippen molar-refractivity contribution in [2.24, 2.45) is 5.84 Å². The van der Waals surface area contributed by atoms with Gasteiger partial charge in [-0.2, -0.15) is 0 Å². The van der Waals surface area contributed by atoms with Crippen molar-refractivity contribution in [2.45, 2.75) is 13.5 Å². The number of hydrazine groups is 1. The second kappa shape index (κ2) is 7.13. The smallest absolute Gasteiger partial charge is 0.233 e. The lowest BCUT2D eigenvalue weighted by Gasteiger charge is -2.19. The highest BCUT2D eigenvalue weighted by atomic mass is 35.5. The number of anilines is 1. The Morgan fingerprint density at radius 2 is 1.92 bits per heavy atom. The molecular weight excluding hydrogens is 343 g/mol. The zero-order chi connectivity index (χ0) is 18.0. The number of halogens is 2. The number of hydrogen-bond acceptors (Lipinski definition) is 4. The Hall–Kier alpha value is -2.57. The monoisotopic (exact) mass is 360 g/mol. The maximum absolute atomic E-state index is 13.9. The van der Waals surface area contributed by atoms with Crippen LogP contribution in [0.1, 0.15) is 11.1 Å². The van der Waals surface area contributed by atoms with Crippen molar-refractivity contribution in [1.29, 1.82) is 0 Å². The number of hydrogen-bond donors (Lipinski definition) is 1. The number of benzene rings is 2. The molecule has 0 spiro atoms. The Labute approximate surface area is 150 Å². The Morgan fingerprint density at radius 1 is 1.20 bits per heavy atom. The molecule has 0 atom stereocenters. The van der Waals surface area contributed by atoms with Crippen molar-refractivity contribution in [3.63, 3.8) is 0 Å². The van der Waals surface area contributed by atoms with Crippen molar-refractivity contribution in [1.82, 2.24) is 9.78 Å². The van der Waals surface area contributed by atoms with Crippen LogP contribution in [0.25, 0.3) is 5.69 Å². The average Bonchev–Trinajstić information content (AvgIpc) is 3.05. The van der Waals surface area contributed by atoms with Crippen LogP contribution in [-0.2, 0) is 6.61 Å². The first-order valence-corrected chi connectivity index (χ1v) is 8.04. The third-order valence-corrected chi connectivity index (χ3v) is 4.16. The average molecular weight is 361 g/mol. The molecule has 3 rings (SSSR count). The van der Waals surface area contributed by atoms with E-state index in [1.165, 1.54) is 11.1 Å². The molecule has 0 bridgehead atoms. The number of aromatic nitrogens is 2. The minimum Gasteiger partial charge on any atom is -0.472 e. The van der Waals surface area contributed by atoms with E-state index in [9.17, 15) is 4.39 Å². The van der Waals surface area contributed by atoms with Gasteiger partial charge in [0.25, 0.3) is 0 Å².